The minimum Gasteiger partial charge on any atom is -0.480 e. The average Bonchev–Trinajstić information content (AvgIpc) is 3.76. The highest BCUT2D eigenvalue weighted by atomic mass is 32.1. The van der Waals surface area contributed by atoms with Crippen molar-refractivity contribution in [2.75, 3.05) is 31.5 Å². The number of amides is 2. The topological polar surface area (TPSA) is 163 Å². The lowest BCUT2D eigenvalue weighted by molar-refractivity contribution is -0.151. The second-order valence-electron chi connectivity index (χ2n) is 12.6. The standard InChI is InChI=1S/C34H38FN7O5S/c1-20(2)34(36,32(44)45)30(19-43)42-13-11-41(12-14-42)18-21-3-7-25(38-17-21)29-16-26-31(48-29)28(9-10-37-26)47-27-8-6-23(15-24(27)35)40-33(46)39-22-4-5-22/h3,6-10,15-17,19-20,22,30H,4-5,11-14,18,36H2,1-2H3,(H,44,45)(H2,39,40,46). The van der Waals surface area contributed by atoms with E-state index in [0.717, 1.165) is 33.7 Å². The molecule has 2 amide bonds. The SMILES string of the molecule is CC(C)C(N)(C(=O)O)C(C=O)N1CCN(Cc2ccc(-c3cc4nccc(Oc5ccc(NC(=O)NC6CC6)cc5F)c4s3)nc2)CC1. The molecule has 3 aromatic heterocycles. The largest absolute Gasteiger partial charge is 0.480 e. The van der Waals surface area contributed by atoms with Crippen LogP contribution in [0.2, 0.25) is 0 Å². The van der Waals surface area contributed by atoms with Gasteiger partial charge in [-0.05, 0) is 48.6 Å². The molecule has 0 bridgehead atoms. The highest BCUT2D eigenvalue weighted by molar-refractivity contribution is 7.22. The number of aldehydes is 1. The molecule has 6 rings (SSSR count). The van der Waals surface area contributed by atoms with Gasteiger partial charge in [0.1, 0.15) is 17.6 Å². The highest BCUT2D eigenvalue weighted by Crippen LogP contribution is 2.39. The molecule has 2 fully saturated rings. The number of nitrogens with one attached hydrogen (secondary N) is 2. The number of urea groups is 1. The van der Waals surface area contributed by atoms with Gasteiger partial charge in [-0.1, -0.05) is 19.9 Å². The van der Waals surface area contributed by atoms with Gasteiger partial charge in [-0.2, -0.15) is 0 Å². The molecule has 4 heterocycles. The number of aliphatic carboxylic acids is 1. The fraction of sp³-hybridized carbons (Fsp3) is 0.382. The van der Waals surface area contributed by atoms with Crippen LogP contribution in [-0.4, -0.2) is 87.0 Å². The maximum Gasteiger partial charge on any atom is 0.326 e. The molecule has 12 nitrogen and oxygen atoms in total. The van der Waals surface area contributed by atoms with Crippen molar-refractivity contribution < 1.29 is 28.6 Å². The van der Waals surface area contributed by atoms with Gasteiger partial charge in [0.2, 0.25) is 0 Å². The second kappa shape index (κ2) is 13.9. The van der Waals surface area contributed by atoms with Crippen molar-refractivity contribution >= 4 is 45.5 Å². The van der Waals surface area contributed by atoms with Crippen molar-refractivity contribution in [3.05, 3.63) is 66.2 Å². The number of aromatic nitrogens is 2. The summed E-state index contributed by atoms with van der Waals surface area (Å²) in [6.07, 6.45) is 6.02. The van der Waals surface area contributed by atoms with Crippen LogP contribution in [0.1, 0.15) is 32.3 Å². The van der Waals surface area contributed by atoms with E-state index in [9.17, 15) is 23.9 Å². The number of thiophene rings is 1. The summed E-state index contributed by atoms with van der Waals surface area (Å²) in [5, 5.41) is 15.2. The molecule has 0 radical (unpaired) electrons. The number of hydrogen-bond acceptors (Lipinski definition) is 10. The molecule has 4 aromatic rings. The fourth-order valence-corrected chi connectivity index (χ4v) is 6.86. The van der Waals surface area contributed by atoms with Crippen molar-refractivity contribution in [1.29, 1.82) is 0 Å². The predicted molar refractivity (Wildman–Crippen MR) is 181 cm³/mol. The van der Waals surface area contributed by atoms with E-state index < -0.39 is 29.3 Å². The number of carboxylic acid groups (broad SMARTS) is 1. The highest BCUT2D eigenvalue weighted by Gasteiger charge is 2.48. The van der Waals surface area contributed by atoms with Crippen LogP contribution >= 0.6 is 11.3 Å². The van der Waals surface area contributed by atoms with Crippen LogP contribution in [-0.2, 0) is 16.1 Å². The molecule has 48 heavy (non-hydrogen) atoms. The van der Waals surface area contributed by atoms with Crippen molar-refractivity contribution in [3.8, 4) is 22.1 Å². The maximum atomic E-state index is 14.9. The van der Waals surface area contributed by atoms with E-state index >= 15 is 0 Å². The molecule has 2 aliphatic rings. The molecule has 1 saturated carbocycles. The number of ether oxygens (including phenoxy) is 1. The summed E-state index contributed by atoms with van der Waals surface area (Å²) in [6, 6.07) is 10.8. The monoisotopic (exact) mass is 675 g/mol. The summed E-state index contributed by atoms with van der Waals surface area (Å²) in [5.41, 5.74) is 7.41. The van der Waals surface area contributed by atoms with Crippen molar-refractivity contribution in [1.82, 2.24) is 25.1 Å². The fourth-order valence-electron chi connectivity index (χ4n) is 5.82. The molecule has 0 spiro atoms. The van der Waals surface area contributed by atoms with E-state index in [0.29, 0.717) is 56.0 Å². The number of carbonyl (C=O) groups is 3. The Morgan fingerprint density at radius 1 is 1.12 bits per heavy atom. The number of pyridine rings is 2. The van der Waals surface area contributed by atoms with Gasteiger partial charge in [0.15, 0.2) is 11.6 Å². The summed E-state index contributed by atoms with van der Waals surface area (Å²) in [5.74, 6) is -1.71. The molecular formula is C34H38FN7O5S. The summed E-state index contributed by atoms with van der Waals surface area (Å²) < 4.78 is 21.7. The van der Waals surface area contributed by atoms with Crippen LogP contribution in [0.5, 0.6) is 11.5 Å². The third-order valence-electron chi connectivity index (χ3n) is 8.93. The third-order valence-corrected chi connectivity index (χ3v) is 10.1. The van der Waals surface area contributed by atoms with Gasteiger partial charge in [-0.25, -0.2) is 9.18 Å². The number of carboxylic acids is 1. The van der Waals surface area contributed by atoms with Crippen LogP contribution in [0, 0.1) is 11.7 Å². The molecule has 1 aliphatic heterocycles. The van der Waals surface area contributed by atoms with E-state index in [4.69, 9.17) is 15.5 Å². The molecule has 1 aromatic carbocycles. The van der Waals surface area contributed by atoms with Crippen LogP contribution < -0.4 is 21.1 Å². The molecule has 1 saturated heterocycles. The first-order valence-electron chi connectivity index (χ1n) is 15.9. The summed E-state index contributed by atoms with van der Waals surface area (Å²) in [7, 11) is 0. The first-order chi connectivity index (χ1) is 23.0. The molecule has 14 heteroatoms. The molecule has 2 atom stereocenters. The van der Waals surface area contributed by atoms with E-state index in [1.54, 1.807) is 32.2 Å². The Labute approximate surface area is 281 Å². The minimum atomic E-state index is -1.66. The van der Waals surface area contributed by atoms with Gasteiger partial charge >= 0.3 is 12.0 Å². The number of benzene rings is 1. The van der Waals surface area contributed by atoms with E-state index in [-0.39, 0.29) is 17.8 Å². The zero-order chi connectivity index (χ0) is 34.0. The van der Waals surface area contributed by atoms with Crippen LogP contribution in [0.25, 0.3) is 20.8 Å². The van der Waals surface area contributed by atoms with Crippen LogP contribution in [0.15, 0.2) is 54.9 Å². The Morgan fingerprint density at radius 3 is 2.52 bits per heavy atom. The third kappa shape index (κ3) is 7.16. The smallest absolute Gasteiger partial charge is 0.326 e. The number of halogens is 1. The zero-order valence-electron chi connectivity index (χ0n) is 26.7. The van der Waals surface area contributed by atoms with Gasteiger partial charge < -0.3 is 31.0 Å². The average molecular weight is 676 g/mol. The second-order valence-corrected chi connectivity index (χ2v) is 13.6. The van der Waals surface area contributed by atoms with Crippen molar-refractivity contribution in [2.24, 2.45) is 11.7 Å². The van der Waals surface area contributed by atoms with Crippen molar-refractivity contribution in [2.45, 2.75) is 50.9 Å². The lowest BCUT2D eigenvalue weighted by Crippen LogP contribution is -2.68. The lowest BCUT2D eigenvalue weighted by atomic mass is 9.80. The first kappa shape index (κ1) is 33.4. The van der Waals surface area contributed by atoms with Gasteiger partial charge in [0.25, 0.3) is 0 Å². The number of fused-ring (bicyclic) bond motifs is 1. The molecule has 1 aliphatic carbocycles. The summed E-state index contributed by atoms with van der Waals surface area (Å²) in [6.45, 7) is 6.45. The van der Waals surface area contributed by atoms with E-state index in [1.807, 2.05) is 29.3 Å². The number of piperazine rings is 1. The van der Waals surface area contributed by atoms with Crippen LogP contribution in [0.4, 0.5) is 14.9 Å². The minimum absolute atomic E-state index is 0.0275. The normalized spacial score (nSPS) is 17.5. The summed E-state index contributed by atoms with van der Waals surface area (Å²) in [4.78, 5) is 50.1. The Hall–Kier alpha value is -4.50. The molecule has 2 unspecified atom stereocenters. The maximum absolute atomic E-state index is 14.9. The Kier molecular flexibility index (Phi) is 9.69. The predicted octanol–water partition coefficient (Wildman–Crippen LogP) is 4.70. The molecule has 252 valence electrons. The van der Waals surface area contributed by atoms with E-state index in [1.165, 1.54) is 23.5 Å². The summed E-state index contributed by atoms with van der Waals surface area (Å²) >= 11 is 1.44. The Bertz CT molecular complexity index is 1810. The number of nitrogens with zero attached hydrogens (tertiary/aromatic N) is 4. The van der Waals surface area contributed by atoms with Gasteiger partial charge in [0.05, 0.1) is 26.8 Å². The number of carbonyl (C=O) groups excluding carboxylic acids is 2. The van der Waals surface area contributed by atoms with Gasteiger partial charge in [-0.3, -0.25) is 24.6 Å². The lowest BCUT2D eigenvalue weighted by Gasteiger charge is -2.44. The quantitative estimate of drug-likeness (QED) is 0.155. The Morgan fingerprint density at radius 2 is 1.90 bits per heavy atom. The Balaban J connectivity index is 1.08. The van der Waals surface area contributed by atoms with Gasteiger partial charge in [-0.15, -0.1) is 11.3 Å². The molecule has 5 N–H and O–H groups in total. The number of rotatable bonds is 12. The number of anilines is 1. The zero-order valence-corrected chi connectivity index (χ0v) is 27.5. The van der Waals surface area contributed by atoms with Crippen molar-refractivity contribution in [3.63, 3.8) is 0 Å². The first-order valence-corrected chi connectivity index (χ1v) is 16.7. The molecular weight excluding hydrogens is 637 g/mol. The van der Waals surface area contributed by atoms with Gasteiger partial charge in [0, 0.05) is 69.0 Å². The van der Waals surface area contributed by atoms with Crippen LogP contribution in [0.3, 0.4) is 0 Å². The van der Waals surface area contributed by atoms with E-state index in [2.05, 4.69) is 20.5 Å². The number of hydrogen-bond donors (Lipinski definition) is 4. The number of nitrogens with two attached hydrogens (primary N) is 1.